The normalized spacial score (nSPS) is 18.8. The van der Waals surface area contributed by atoms with Crippen LogP contribution < -0.4 is 0 Å². The van der Waals surface area contributed by atoms with Crippen molar-refractivity contribution in [1.82, 2.24) is 4.90 Å². The number of hydrogen-bond acceptors (Lipinski definition) is 2. The van der Waals surface area contributed by atoms with Gasteiger partial charge in [0.15, 0.2) is 0 Å². The summed E-state index contributed by atoms with van der Waals surface area (Å²) in [6.45, 7) is 7.48. The van der Waals surface area contributed by atoms with Gasteiger partial charge in [0.1, 0.15) is 0 Å². The highest BCUT2D eigenvalue weighted by molar-refractivity contribution is 5.19. The molecule has 1 aliphatic rings. The van der Waals surface area contributed by atoms with Crippen molar-refractivity contribution in [2.45, 2.75) is 26.4 Å². The Kier molecular flexibility index (Phi) is 3.97. The predicted octanol–water partition coefficient (Wildman–Crippen LogP) is 2.76. The van der Waals surface area contributed by atoms with Crippen molar-refractivity contribution >= 4 is 0 Å². The zero-order valence-corrected chi connectivity index (χ0v) is 10.7. The Bertz CT molecular complexity index is 383. The molecule has 1 heterocycles. The van der Waals surface area contributed by atoms with E-state index in [4.69, 9.17) is 0 Å². The summed E-state index contributed by atoms with van der Waals surface area (Å²) in [5, 5.41) is 10.1. The van der Waals surface area contributed by atoms with Crippen LogP contribution in [0.3, 0.4) is 0 Å². The van der Waals surface area contributed by atoms with Crippen LogP contribution in [-0.2, 0) is 0 Å². The van der Waals surface area contributed by atoms with Crippen LogP contribution in [0, 0.1) is 0 Å². The van der Waals surface area contributed by atoms with E-state index in [9.17, 15) is 5.11 Å². The third kappa shape index (κ3) is 3.18. The maximum Gasteiger partial charge on any atom is 0.0802 e. The van der Waals surface area contributed by atoms with Crippen molar-refractivity contribution in [3.05, 3.63) is 47.0 Å². The SMILES string of the molecule is CC1=C(C)CN(CC[C@@H](O)c2ccccc2)C1. The molecule has 1 N–H and O–H groups in total. The lowest BCUT2D eigenvalue weighted by Crippen LogP contribution is -2.24. The Labute approximate surface area is 104 Å². The molecular formula is C15H21NO. The molecule has 0 radical (unpaired) electrons. The highest BCUT2D eigenvalue weighted by Crippen LogP contribution is 2.20. The molecule has 92 valence electrons. The Balaban J connectivity index is 1.80. The predicted molar refractivity (Wildman–Crippen MR) is 70.8 cm³/mol. The Morgan fingerprint density at radius 2 is 1.71 bits per heavy atom. The van der Waals surface area contributed by atoms with E-state index < -0.39 is 0 Å². The lowest BCUT2D eigenvalue weighted by molar-refractivity contribution is 0.149. The molecule has 2 heteroatoms. The highest BCUT2D eigenvalue weighted by atomic mass is 16.3. The number of aliphatic hydroxyl groups is 1. The maximum atomic E-state index is 10.1. The summed E-state index contributed by atoms with van der Waals surface area (Å²) in [4.78, 5) is 2.40. The Morgan fingerprint density at radius 1 is 1.12 bits per heavy atom. The van der Waals surface area contributed by atoms with E-state index in [0.29, 0.717) is 0 Å². The van der Waals surface area contributed by atoms with Crippen LogP contribution in [0.25, 0.3) is 0 Å². The van der Waals surface area contributed by atoms with E-state index >= 15 is 0 Å². The first-order valence-electron chi connectivity index (χ1n) is 6.27. The quantitative estimate of drug-likeness (QED) is 0.805. The minimum atomic E-state index is -0.336. The standard InChI is InChI=1S/C15H21NO/c1-12-10-16(11-13(12)2)9-8-15(17)14-6-4-3-5-7-14/h3-7,15,17H,8-11H2,1-2H3/t15-/m1/s1. The van der Waals surface area contributed by atoms with Crippen LogP contribution >= 0.6 is 0 Å². The summed E-state index contributed by atoms with van der Waals surface area (Å²) in [6.07, 6.45) is 0.474. The third-order valence-corrected chi connectivity index (χ3v) is 3.55. The van der Waals surface area contributed by atoms with Gasteiger partial charge in [0, 0.05) is 19.6 Å². The van der Waals surface area contributed by atoms with Gasteiger partial charge in [-0.05, 0) is 25.8 Å². The maximum absolute atomic E-state index is 10.1. The third-order valence-electron chi connectivity index (χ3n) is 3.55. The summed E-state index contributed by atoms with van der Waals surface area (Å²) in [5.74, 6) is 0. The molecule has 1 aromatic rings. The number of nitrogens with zero attached hydrogens (tertiary/aromatic N) is 1. The van der Waals surface area contributed by atoms with Crippen molar-refractivity contribution in [1.29, 1.82) is 0 Å². The molecule has 2 rings (SSSR count). The van der Waals surface area contributed by atoms with E-state index in [-0.39, 0.29) is 6.10 Å². The topological polar surface area (TPSA) is 23.5 Å². The van der Waals surface area contributed by atoms with Crippen LogP contribution in [-0.4, -0.2) is 29.6 Å². The molecule has 0 unspecified atom stereocenters. The molecule has 0 aliphatic carbocycles. The molecule has 1 aromatic carbocycles. The molecule has 0 saturated heterocycles. The van der Waals surface area contributed by atoms with E-state index in [1.54, 1.807) is 0 Å². The lowest BCUT2D eigenvalue weighted by atomic mass is 10.1. The fraction of sp³-hybridized carbons (Fsp3) is 0.467. The Morgan fingerprint density at radius 3 is 2.29 bits per heavy atom. The fourth-order valence-corrected chi connectivity index (χ4v) is 2.30. The summed E-state index contributed by atoms with van der Waals surface area (Å²) in [6, 6.07) is 9.91. The molecule has 0 saturated carbocycles. The zero-order valence-electron chi connectivity index (χ0n) is 10.7. The largest absolute Gasteiger partial charge is 0.388 e. The molecule has 17 heavy (non-hydrogen) atoms. The minimum Gasteiger partial charge on any atom is -0.388 e. The van der Waals surface area contributed by atoms with E-state index in [1.807, 2.05) is 30.3 Å². The molecule has 0 fully saturated rings. The molecule has 0 amide bonds. The second-order valence-electron chi connectivity index (χ2n) is 4.99. The van der Waals surface area contributed by atoms with Crippen molar-refractivity contribution in [3.8, 4) is 0 Å². The van der Waals surface area contributed by atoms with Gasteiger partial charge in [0.25, 0.3) is 0 Å². The van der Waals surface area contributed by atoms with Gasteiger partial charge in [0.2, 0.25) is 0 Å². The number of benzene rings is 1. The van der Waals surface area contributed by atoms with Gasteiger partial charge >= 0.3 is 0 Å². The lowest BCUT2D eigenvalue weighted by Gasteiger charge is -2.18. The van der Waals surface area contributed by atoms with E-state index in [0.717, 1.165) is 31.6 Å². The first kappa shape index (κ1) is 12.3. The molecule has 2 nitrogen and oxygen atoms in total. The Hall–Kier alpha value is -1.12. The van der Waals surface area contributed by atoms with E-state index in [1.165, 1.54) is 11.1 Å². The first-order chi connectivity index (χ1) is 8.16. The van der Waals surface area contributed by atoms with Gasteiger partial charge in [-0.1, -0.05) is 41.5 Å². The van der Waals surface area contributed by atoms with Crippen LogP contribution in [0.2, 0.25) is 0 Å². The first-order valence-corrected chi connectivity index (χ1v) is 6.27. The number of hydrogen-bond donors (Lipinski definition) is 1. The monoisotopic (exact) mass is 231 g/mol. The highest BCUT2D eigenvalue weighted by Gasteiger charge is 2.17. The van der Waals surface area contributed by atoms with Gasteiger partial charge in [-0.3, -0.25) is 4.90 Å². The minimum absolute atomic E-state index is 0.336. The average Bonchev–Trinajstić information content (AvgIpc) is 2.67. The zero-order chi connectivity index (χ0) is 12.3. The van der Waals surface area contributed by atoms with Crippen LogP contribution in [0.1, 0.15) is 31.9 Å². The molecule has 0 aromatic heterocycles. The van der Waals surface area contributed by atoms with E-state index in [2.05, 4.69) is 18.7 Å². The van der Waals surface area contributed by atoms with Gasteiger partial charge in [0.05, 0.1) is 6.10 Å². The van der Waals surface area contributed by atoms with Gasteiger partial charge in [-0.15, -0.1) is 0 Å². The molecular weight excluding hydrogens is 210 g/mol. The van der Waals surface area contributed by atoms with Crippen molar-refractivity contribution in [3.63, 3.8) is 0 Å². The summed E-state index contributed by atoms with van der Waals surface area (Å²) in [7, 11) is 0. The van der Waals surface area contributed by atoms with Crippen LogP contribution in [0.15, 0.2) is 41.5 Å². The second-order valence-corrected chi connectivity index (χ2v) is 4.99. The average molecular weight is 231 g/mol. The van der Waals surface area contributed by atoms with Crippen molar-refractivity contribution in [2.75, 3.05) is 19.6 Å². The van der Waals surface area contributed by atoms with Crippen molar-refractivity contribution in [2.24, 2.45) is 0 Å². The van der Waals surface area contributed by atoms with Crippen molar-refractivity contribution < 1.29 is 5.11 Å². The van der Waals surface area contributed by atoms with Gasteiger partial charge < -0.3 is 5.11 Å². The second kappa shape index (κ2) is 5.48. The summed E-state index contributed by atoms with van der Waals surface area (Å²) < 4.78 is 0. The smallest absolute Gasteiger partial charge is 0.0802 e. The summed E-state index contributed by atoms with van der Waals surface area (Å²) in [5.41, 5.74) is 3.99. The van der Waals surface area contributed by atoms with Crippen LogP contribution in [0.4, 0.5) is 0 Å². The molecule has 0 spiro atoms. The molecule has 1 aliphatic heterocycles. The number of aliphatic hydroxyl groups excluding tert-OH is 1. The number of rotatable bonds is 4. The fourth-order valence-electron chi connectivity index (χ4n) is 2.30. The molecule has 0 bridgehead atoms. The molecule has 1 atom stereocenters. The summed E-state index contributed by atoms with van der Waals surface area (Å²) >= 11 is 0. The van der Waals surface area contributed by atoms with Crippen LogP contribution in [0.5, 0.6) is 0 Å². The van der Waals surface area contributed by atoms with Gasteiger partial charge in [-0.25, -0.2) is 0 Å². The van der Waals surface area contributed by atoms with Gasteiger partial charge in [-0.2, -0.15) is 0 Å².